The summed E-state index contributed by atoms with van der Waals surface area (Å²) in [5, 5.41) is 7.15. The molecule has 1 heterocycles. The molecule has 0 bridgehead atoms. The van der Waals surface area contributed by atoms with Gasteiger partial charge in [-0.3, -0.25) is 4.79 Å². The molecule has 8 heteroatoms. The molecule has 0 spiro atoms. The van der Waals surface area contributed by atoms with Crippen LogP contribution in [0.5, 0.6) is 0 Å². The Morgan fingerprint density at radius 1 is 1.20 bits per heavy atom. The zero-order chi connectivity index (χ0) is 17.8. The van der Waals surface area contributed by atoms with E-state index in [4.69, 9.17) is 4.52 Å². The molecule has 1 N–H and O–H groups in total. The number of benzene rings is 2. The minimum Gasteiger partial charge on any atom is -0.327 e. The van der Waals surface area contributed by atoms with Crippen molar-refractivity contribution >= 4 is 55.2 Å². The van der Waals surface area contributed by atoms with Crippen molar-refractivity contribution in [1.29, 1.82) is 0 Å². The van der Waals surface area contributed by atoms with Crippen LogP contribution >= 0.6 is 43.6 Å². The lowest BCUT2D eigenvalue weighted by atomic mass is 10.1. The monoisotopic (exact) mass is 481 g/mol. The molecule has 2 aromatic carbocycles. The first-order valence-corrected chi connectivity index (χ1v) is 9.87. The fourth-order valence-corrected chi connectivity index (χ4v) is 3.27. The number of rotatable bonds is 5. The predicted molar refractivity (Wildman–Crippen MR) is 106 cm³/mol. The molecule has 3 aromatic rings. The van der Waals surface area contributed by atoms with Crippen molar-refractivity contribution in [2.75, 3.05) is 11.1 Å². The van der Waals surface area contributed by atoms with Crippen LogP contribution in [0.3, 0.4) is 0 Å². The number of hydrogen-bond donors (Lipinski definition) is 1. The molecule has 25 heavy (non-hydrogen) atoms. The molecule has 1 amide bonds. The maximum Gasteiger partial charge on any atom is 0.286 e. The summed E-state index contributed by atoms with van der Waals surface area (Å²) in [6.45, 7) is 2.02. The van der Waals surface area contributed by atoms with Crippen LogP contribution in [0, 0.1) is 6.92 Å². The van der Waals surface area contributed by atoms with Gasteiger partial charge in [0, 0.05) is 14.5 Å². The number of nitrogens with zero attached hydrogens (tertiary/aromatic N) is 2. The fourth-order valence-electron chi connectivity index (χ4n) is 1.99. The van der Waals surface area contributed by atoms with Crippen LogP contribution in [0.15, 0.2) is 61.2 Å². The van der Waals surface area contributed by atoms with Crippen molar-refractivity contribution < 1.29 is 9.32 Å². The third-order valence-electron chi connectivity index (χ3n) is 3.25. The summed E-state index contributed by atoms with van der Waals surface area (Å²) >= 11 is 7.98. The summed E-state index contributed by atoms with van der Waals surface area (Å²) in [7, 11) is 0. The third kappa shape index (κ3) is 4.93. The smallest absolute Gasteiger partial charge is 0.286 e. The molecular weight excluding hydrogens is 470 g/mol. The van der Waals surface area contributed by atoms with E-state index in [1.165, 1.54) is 11.8 Å². The zero-order valence-corrected chi connectivity index (χ0v) is 17.1. The van der Waals surface area contributed by atoms with Gasteiger partial charge < -0.3 is 9.84 Å². The number of carbonyl (C=O) groups excluding carboxylic acids is 1. The first-order chi connectivity index (χ1) is 12.0. The van der Waals surface area contributed by atoms with Crippen molar-refractivity contribution in [3.63, 3.8) is 0 Å². The van der Waals surface area contributed by atoms with Gasteiger partial charge in [0.15, 0.2) is 0 Å². The summed E-state index contributed by atoms with van der Waals surface area (Å²) in [6.07, 6.45) is 0. The molecule has 0 radical (unpaired) electrons. The van der Waals surface area contributed by atoms with E-state index in [2.05, 4.69) is 47.3 Å². The van der Waals surface area contributed by atoms with E-state index in [0.717, 1.165) is 20.1 Å². The molecule has 5 nitrogen and oxygen atoms in total. The van der Waals surface area contributed by atoms with Gasteiger partial charge in [-0.05, 0) is 41.1 Å². The summed E-state index contributed by atoms with van der Waals surface area (Å²) in [5.74, 6) is 0.533. The standard InChI is InChI=1S/C17H13Br2N3O2S/c1-10-2-4-11(5-3-10)16-21-17(24-22-16)25-9-15(23)20-14-8-12(18)6-7-13(14)19/h2-8H,9H2,1H3,(H,20,23). The van der Waals surface area contributed by atoms with Gasteiger partial charge >= 0.3 is 0 Å². The van der Waals surface area contributed by atoms with Crippen LogP contribution in [0.2, 0.25) is 0 Å². The van der Waals surface area contributed by atoms with E-state index >= 15 is 0 Å². The highest BCUT2D eigenvalue weighted by atomic mass is 79.9. The Labute approximate surface area is 165 Å². The molecule has 0 saturated heterocycles. The minimum absolute atomic E-state index is 0.154. The zero-order valence-electron chi connectivity index (χ0n) is 13.1. The number of thioether (sulfide) groups is 1. The van der Waals surface area contributed by atoms with Crippen molar-refractivity contribution in [3.05, 3.63) is 57.0 Å². The van der Waals surface area contributed by atoms with Gasteiger partial charge in [0.1, 0.15) is 0 Å². The lowest BCUT2D eigenvalue weighted by Gasteiger charge is -2.06. The van der Waals surface area contributed by atoms with Crippen LogP contribution in [-0.2, 0) is 4.79 Å². The second-order valence-electron chi connectivity index (χ2n) is 5.21. The van der Waals surface area contributed by atoms with Crippen LogP contribution < -0.4 is 5.32 Å². The fraction of sp³-hybridized carbons (Fsp3) is 0.118. The second-order valence-corrected chi connectivity index (χ2v) is 7.91. The van der Waals surface area contributed by atoms with E-state index in [1.54, 1.807) is 0 Å². The lowest BCUT2D eigenvalue weighted by molar-refractivity contribution is -0.113. The molecule has 0 saturated carbocycles. The number of carbonyl (C=O) groups is 1. The Hall–Kier alpha value is -1.64. The Morgan fingerprint density at radius 3 is 2.72 bits per heavy atom. The van der Waals surface area contributed by atoms with Crippen molar-refractivity contribution in [2.24, 2.45) is 0 Å². The first-order valence-electron chi connectivity index (χ1n) is 7.30. The number of amides is 1. The van der Waals surface area contributed by atoms with Gasteiger partial charge in [-0.15, -0.1) is 0 Å². The van der Waals surface area contributed by atoms with E-state index in [1.807, 2.05) is 49.4 Å². The van der Waals surface area contributed by atoms with Crippen LogP contribution in [0.25, 0.3) is 11.4 Å². The van der Waals surface area contributed by atoms with Crippen LogP contribution in [0.1, 0.15) is 5.56 Å². The van der Waals surface area contributed by atoms with Crippen molar-refractivity contribution in [2.45, 2.75) is 12.1 Å². The summed E-state index contributed by atoms with van der Waals surface area (Å²) < 4.78 is 6.90. The summed E-state index contributed by atoms with van der Waals surface area (Å²) in [5.41, 5.74) is 2.74. The Bertz CT molecular complexity index is 897. The highest BCUT2D eigenvalue weighted by Gasteiger charge is 2.12. The minimum atomic E-state index is -0.154. The second kappa shape index (κ2) is 8.16. The maximum atomic E-state index is 12.1. The third-order valence-corrected chi connectivity index (χ3v) is 5.25. The molecule has 0 aliphatic carbocycles. The predicted octanol–water partition coefficient (Wildman–Crippen LogP) is 5.30. The Kier molecular flexibility index (Phi) is 5.93. The van der Waals surface area contributed by atoms with E-state index in [-0.39, 0.29) is 11.7 Å². The molecule has 1 aromatic heterocycles. The van der Waals surface area contributed by atoms with Gasteiger partial charge in [0.05, 0.1) is 11.4 Å². The van der Waals surface area contributed by atoms with Gasteiger partial charge in [0.2, 0.25) is 11.7 Å². The molecule has 0 aliphatic heterocycles. The molecule has 0 aliphatic rings. The molecule has 0 fully saturated rings. The number of aryl methyl sites for hydroxylation is 1. The average Bonchev–Trinajstić information content (AvgIpc) is 3.06. The van der Waals surface area contributed by atoms with Crippen LogP contribution in [-0.4, -0.2) is 21.8 Å². The number of hydrogen-bond acceptors (Lipinski definition) is 5. The van der Waals surface area contributed by atoms with E-state index < -0.39 is 0 Å². The number of halogens is 2. The Morgan fingerprint density at radius 2 is 1.96 bits per heavy atom. The SMILES string of the molecule is Cc1ccc(-c2noc(SCC(=O)Nc3cc(Br)ccc3Br)n2)cc1. The highest BCUT2D eigenvalue weighted by molar-refractivity contribution is 9.11. The summed E-state index contributed by atoms with van der Waals surface area (Å²) in [6, 6.07) is 13.4. The summed E-state index contributed by atoms with van der Waals surface area (Å²) in [4.78, 5) is 16.4. The molecular formula is C17H13Br2N3O2S. The van der Waals surface area contributed by atoms with Crippen LogP contribution in [0.4, 0.5) is 5.69 Å². The maximum absolute atomic E-state index is 12.1. The van der Waals surface area contributed by atoms with Gasteiger partial charge in [-0.1, -0.05) is 62.7 Å². The lowest BCUT2D eigenvalue weighted by Crippen LogP contribution is -2.14. The normalized spacial score (nSPS) is 10.7. The topological polar surface area (TPSA) is 68.0 Å². The van der Waals surface area contributed by atoms with Crippen molar-refractivity contribution in [3.8, 4) is 11.4 Å². The van der Waals surface area contributed by atoms with E-state index in [0.29, 0.717) is 16.7 Å². The number of aromatic nitrogens is 2. The van der Waals surface area contributed by atoms with Gasteiger partial charge in [0.25, 0.3) is 5.22 Å². The highest BCUT2D eigenvalue weighted by Crippen LogP contribution is 2.27. The quantitative estimate of drug-likeness (QED) is 0.499. The largest absolute Gasteiger partial charge is 0.327 e. The molecule has 3 rings (SSSR count). The molecule has 0 atom stereocenters. The first kappa shape index (κ1) is 18.2. The van der Waals surface area contributed by atoms with E-state index in [9.17, 15) is 4.79 Å². The molecule has 128 valence electrons. The number of anilines is 1. The molecule has 0 unspecified atom stereocenters. The van der Waals surface area contributed by atoms with Gasteiger partial charge in [-0.2, -0.15) is 4.98 Å². The number of nitrogens with one attached hydrogen (secondary N) is 1. The Balaban J connectivity index is 1.59. The van der Waals surface area contributed by atoms with Gasteiger partial charge in [-0.25, -0.2) is 0 Å². The average molecular weight is 483 g/mol. The van der Waals surface area contributed by atoms with Crippen molar-refractivity contribution in [1.82, 2.24) is 10.1 Å².